The van der Waals surface area contributed by atoms with E-state index in [1.165, 1.54) is 0 Å². The summed E-state index contributed by atoms with van der Waals surface area (Å²) in [7, 11) is 1.92. The highest BCUT2D eigenvalue weighted by atomic mass is 35.5. The third kappa shape index (κ3) is 3.28. The number of hydrogen-bond acceptors (Lipinski definition) is 4. The molecule has 1 aromatic heterocycles. The van der Waals surface area contributed by atoms with Crippen LogP contribution in [0.1, 0.15) is 12.2 Å². The number of rotatable bonds is 5. The van der Waals surface area contributed by atoms with E-state index in [0.717, 1.165) is 30.8 Å². The topological polar surface area (TPSA) is 51.0 Å². The lowest BCUT2D eigenvalue weighted by Crippen LogP contribution is -2.08. The third-order valence-corrected chi connectivity index (χ3v) is 2.60. The number of benzene rings is 1. The van der Waals surface area contributed by atoms with Gasteiger partial charge in [0.2, 0.25) is 0 Å². The predicted molar refractivity (Wildman–Crippen MR) is 67.0 cm³/mol. The molecule has 4 nitrogen and oxygen atoms in total. The van der Waals surface area contributed by atoms with E-state index in [4.69, 9.17) is 16.1 Å². The van der Waals surface area contributed by atoms with E-state index < -0.39 is 0 Å². The highest BCUT2D eigenvalue weighted by molar-refractivity contribution is 6.30. The number of aromatic nitrogens is 2. The second kappa shape index (κ2) is 5.80. The van der Waals surface area contributed by atoms with Crippen LogP contribution in [0, 0.1) is 0 Å². The molecule has 0 amide bonds. The SMILES string of the molecule is CNCCCc1noc(-c2cccc(Cl)c2)n1. The lowest BCUT2D eigenvalue weighted by molar-refractivity contribution is 0.421. The molecule has 2 rings (SSSR count). The van der Waals surface area contributed by atoms with Gasteiger partial charge in [0.25, 0.3) is 5.89 Å². The largest absolute Gasteiger partial charge is 0.334 e. The van der Waals surface area contributed by atoms with Gasteiger partial charge in [-0.2, -0.15) is 4.98 Å². The lowest BCUT2D eigenvalue weighted by atomic mass is 10.2. The van der Waals surface area contributed by atoms with Crippen molar-refractivity contribution in [1.29, 1.82) is 0 Å². The summed E-state index contributed by atoms with van der Waals surface area (Å²) in [6.07, 6.45) is 1.80. The first-order chi connectivity index (χ1) is 8.29. The average molecular weight is 252 g/mol. The molecule has 0 aliphatic carbocycles. The molecular formula is C12H14ClN3O. The van der Waals surface area contributed by atoms with Gasteiger partial charge in [0.1, 0.15) is 0 Å². The van der Waals surface area contributed by atoms with Crippen molar-refractivity contribution in [3.8, 4) is 11.5 Å². The first-order valence-electron chi connectivity index (χ1n) is 5.52. The number of halogens is 1. The molecule has 17 heavy (non-hydrogen) atoms. The van der Waals surface area contributed by atoms with Crippen molar-refractivity contribution in [1.82, 2.24) is 15.5 Å². The fraction of sp³-hybridized carbons (Fsp3) is 0.333. The fourth-order valence-corrected chi connectivity index (χ4v) is 1.71. The minimum Gasteiger partial charge on any atom is -0.334 e. The molecule has 1 aromatic carbocycles. The first-order valence-corrected chi connectivity index (χ1v) is 5.90. The minimum atomic E-state index is 0.520. The summed E-state index contributed by atoms with van der Waals surface area (Å²) in [6, 6.07) is 7.39. The zero-order chi connectivity index (χ0) is 12.1. The number of nitrogens with zero attached hydrogens (tertiary/aromatic N) is 2. The predicted octanol–water partition coefficient (Wildman–Crippen LogP) is 2.54. The Bertz CT molecular complexity index is 484. The van der Waals surface area contributed by atoms with Crippen LogP contribution in [-0.2, 0) is 6.42 Å². The quantitative estimate of drug-likeness (QED) is 0.830. The molecule has 1 heterocycles. The van der Waals surface area contributed by atoms with Crippen LogP contribution in [0.2, 0.25) is 5.02 Å². The standard InChI is InChI=1S/C12H14ClN3O/c1-14-7-3-6-11-15-12(17-16-11)9-4-2-5-10(13)8-9/h2,4-5,8,14H,3,6-7H2,1H3. The van der Waals surface area contributed by atoms with Crippen LogP contribution in [0.15, 0.2) is 28.8 Å². The van der Waals surface area contributed by atoms with Gasteiger partial charge in [-0.05, 0) is 38.2 Å². The zero-order valence-electron chi connectivity index (χ0n) is 9.61. The van der Waals surface area contributed by atoms with Gasteiger partial charge in [-0.1, -0.05) is 22.8 Å². The van der Waals surface area contributed by atoms with Crippen LogP contribution in [0.5, 0.6) is 0 Å². The van der Waals surface area contributed by atoms with Gasteiger partial charge in [-0.3, -0.25) is 0 Å². The van der Waals surface area contributed by atoms with Crippen molar-refractivity contribution >= 4 is 11.6 Å². The fourth-order valence-electron chi connectivity index (χ4n) is 1.52. The smallest absolute Gasteiger partial charge is 0.257 e. The molecule has 1 N–H and O–H groups in total. The molecule has 2 aromatic rings. The summed E-state index contributed by atoms with van der Waals surface area (Å²) in [5.74, 6) is 1.25. The van der Waals surface area contributed by atoms with E-state index in [0.29, 0.717) is 10.9 Å². The van der Waals surface area contributed by atoms with Gasteiger partial charge in [0.15, 0.2) is 5.82 Å². The summed E-state index contributed by atoms with van der Waals surface area (Å²) in [6.45, 7) is 0.945. The molecule has 90 valence electrons. The van der Waals surface area contributed by atoms with Crippen LogP contribution in [0.25, 0.3) is 11.5 Å². The molecule has 0 saturated heterocycles. The zero-order valence-corrected chi connectivity index (χ0v) is 10.4. The maximum absolute atomic E-state index is 5.91. The molecule has 0 radical (unpaired) electrons. The Morgan fingerprint density at radius 3 is 3.06 bits per heavy atom. The monoisotopic (exact) mass is 251 g/mol. The Morgan fingerprint density at radius 1 is 1.41 bits per heavy atom. The van der Waals surface area contributed by atoms with Crippen molar-refractivity contribution in [2.24, 2.45) is 0 Å². The maximum Gasteiger partial charge on any atom is 0.257 e. The molecule has 0 atom stereocenters. The van der Waals surface area contributed by atoms with Crippen LogP contribution in [-0.4, -0.2) is 23.7 Å². The van der Waals surface area contributed by atoms with E-state index in [1.54, 1.807) is 0 Å². The summed E-state index contributed by atoms with van der Waals surface area (Å²) in [5, 5.41) is 7.68. The van der Waals surface area contributed by atoms with Crippen LogP contribution < -0.4 is 5.32 Å². The van der Waals surface area contributed by atoms with Crippen LogP contribution >= 0.6 is 11.6 Å². The van der Waals surface area contributed by atoms with Gasteiger partial charge < -0.3 is 9.84 Å². The number of nitrogens with one attached hydrogen (secondary N) is 1. The molecule has 0 fully saturated rings. The van der Waals surface area contributed by atoms with Gasteiger partial charge >= 0.3 is 0 Å². The van der Waals surface area contributed by atoms with Gasteiger partial charge in [-0.15, -0.1) is 0 Å². The Morgan fingerprint density at radius 2 is 2.29 bits per heavy atom. The average Bonchev–Trinajstić information content (AvgIpc) is 2.78. The number of aryl methyl sites for hydroxylation is 1. The Hall–Kier alpha value is -1.39. The first kappa shape index (κ1) is 12.1. The highest BCUT2D eigenvalue weighted by Gasteiger charge is 2.08. The number of hydrogen-bond donors (Lipinski definition) is 1. The Kier molecular flexibility index (Phi) is 4.12. The molecule has 5 heteroatoms. The van der Waals surface area contributed by atoms with Gasteiger partial charge in [-0.25, -0.2) is 0 Å². The molecule has 0 saturated carbocycles. The second-order valence-corrected chi connectivity index (χ2v) is 4.17. The minimum absolute atomic E-state index is 0.520. The van der Waals surface area contributed by atoms with E-state index in [2.05, 4.69) is 15.5 Å². The van der Waals surface area contributed by atoms with E-state index in [1.807, 2.05) is 31.3 Å². The van der Waals surface area contributed by atoms with Crippen LogP contribution in [0.4, 0.5) is 0 Å². The van der Waals surface area contributed by atoms with Crippen molar-refractivity contribution < 1.29 is 4.52 Å². The molecular weight excluding hydrogens is 238 g/mol. The van der Waals surface area contributed by atoms with E-state index >= 15 is 0 Å². The highest BCUT2D eigenvalue weighted by Crippen LogP contribution is 2.20. The van der Waals surface area contributed by atoms with Gasteiger partial charge in [0, 0.05) is 17.0 Å². The second-order valence-electron chi connectivity index (χ2n) is 3.73. The summed E-state index contributed by atoms with van der Waals surface area (Å²) < 4.78 is 5.20. The van der Waals surface area contributed by atoms with Crippen molar-refractivity contribution in [3.63, 3.8) is 0 Å². The summed E-state index contributed by atoms with van der Waals surface area (Å²) in [5.41, 5.74) is 0.852. The van der Waals surface area contributed by atoms with Crippen molar-refractivity contribution in [2.45, 2.75) is 12.8 Å². The Balaban J connectivity index is 2.07. The molecule has 0 aliphatic heterocycles. The summed E-state index contributed by atoms with van der Waals surface area (Å²) >= 11 is 5.91. The van der Waals surface area contributed by atoms with Crippen molar-refractivity contribution in [2.75, 3.05) is 13.6 Å². The summed E-state index contributed by atoms with van der Waals surface area (Å²) in [4.78, 5) is 4.33. The molecule has 0 spiro atoms. The Labute approximate surface area is 105 Å². The third-order valence-electron chi connectivity index (χ3n) is 2.37. The van der Waals surface area contributed by atoms with E-state index in [-0.39, 0.29) is 0 Å². The van der Waals surface area contributed by atoms with E-state index in [9.17, 15) is 0 Å². The van der Waals surface area contributed by atoms with Crippen LogP contribution in [0.3, 0.4) is 0 Å². The molecule has 0 unspecified atom stereocenters. The lowest BCUT2D eigenvalue weighted by Gasteiger charge is -1.94. The van der Waals surface area contributed by atoms with Crippen molar-refractivity contribution in [3.05, 3.63) is 35.1 Å². The molecule has 0 bridgehead atoms. The molecule has 0 aliphatic rings. The normalized spacial score (nSPS) is 10.7. The maximum atomic E-state index is 5.91. The van der Waals surface area contributed by atoms with Gasteiger partial charge in [0.05, 0.1) is 0 Å².